The Bertz CT molecular complexity index is 1020. The van der Waals surface area contributed by atoms with Gasteiger partial charge in [0.2, 0.25) is 0 Å². The van der Waals surface area contributed by atoms with Gasteiger partial charge >= 0.3 is 17.9 Å². The Balaban J connectivity index is 0.000000332. The fraction of sp³-hybridized carbons (Fsp3) is 0.500. The molecule has 38 heavy (non-hydrogen) atoms. The fourth-order valence-electron chi connectivity index (χ4n) is 3.93. The van der Waals surface area contributed by atoms with Crippen molar-refractivity contribution >= 4 is 17.9 Å². The Morgan fingerprint density at radius 1 is 0.974 bits per heavy atom. The van der Waals surface area contributed by atoms with Crippen molar-refractivity contribution in [3.63, 3.8) is 0 Å². The minimum atomic E-state index is -2.74. The van der Waals surface area contributed by atoms with Crippen molar-refractivity contribution in [2.45, 2.75) is 44.2 Å². The molecule has 4 N–H and O–H groups in total. The summed E-state index contributed by atoms with van der Waals surface area (Å²) >= 11 is 0. The highest BCUT2D eigenvalue weighted by Crippen LogP contribution is 2.19. The topological polar surface area (TPSA) is 174 Å². The summed E-state index contributed by atoms with van der Waals surface area (Å²) in [4.78, 5) is 44.4. The van der Waals surface area contributed by atoms with Crippen LogP contribution in [0.3, 0.4) is 0 Å². The minimum absolute atomic E-state index is 0.752. The largest absolute Gasteiger partial charge is 0.497 e. The number of benzene rings is 1. The molecule has 1 aliphatic heterocycles. The molecule has 1 aliphatic rings. The van der Waals surface area contributed by atoms with E-state index in [0.717, 1.165) is 42.3 Å². The van der Waals surface area contributed by atoms with Crippen molar-refractivity contribution in [2.75, 3.05) is 40.3 Å². The van der Waals surface area contributed by atoms with Gasteiger partial charge in [0.05, 0.1) is 20.0 Å². The number of aliphatic hydroxyl groups is 1. The molecule has 0 spiro atoms. The number of piperidine rings is 1. The smallest absolute Gasteiger partial charge is 0.336 e. The van der Waals surface area contributed by atoms with Gasteiger partial charge in [0, 0.05) is 43.2 Å². The van der Waals surface area contributed by atoms with Gasteiger partial charge in [-0.2, -0.15) is 0 Å². The van der Waals surface area contributed by atoms with Crippen LogP contribution in [0.5, 0.6) is 5.75 Å². The van der Waals surface area contributed by atoms with Crippen LogP contribution < -0.4 is 4.74 Å². The number of carbonyl (C=O) groups is 3. The summed E-state index contributed by atoms with van der Waals surface area (Å²) in [5.74, 6) is -3.42. The number of aliphatic carboxylic acids is 3. The molecule has 0 unspecified atom stereocenters. The van der Waals surface area contributed by atoms with Crippen molar-refractivity contribution in [3.05, 3.63) is 42.2 Å². The lowest BCUT2D eigenvalue weighted by Gasteiger charge is -2.28. The molecule has 3 rings (SSSR count). The number of hydrogen-bond acceptors (Lipinski definition) is 9. The standard InChI is InChI=1S/C20H28N4O.C6H8O7/c1-23(12-13-24-10-4-3-5-11-24)16-17-14-21-20(22-15-17)18-6-8-19(25-2)9-7-18;7-3(8)1-6(13,5(11)12)2-4(9)10/h6-9,14-15H,3-5,10-13,16H2,1-2H3;13H,1-2H2,(H,7,8)(H,9,10)(H,11,12). The predicted molar refractivity (Wildman–Crippen MR) is 138 cm³/mol. The zero-order valence-corrected chi connectivity index (χ0v) is 21.7. The predicted octanol–water partition coefficient (Wildman–Crippen LogP) is 1.82. The first-order chi connectivity index (χ1) is 18.0. The molecule has 2 heterocycles. The molecule has 1 fully saturated rings. The van der Waals surface area contributed by atoms with Crippen molar-refractivity contribution in [3.8, 4) is 17.1 Å². The molecule has 0 amide bonds. The van der Waals surface area contributed by atoms with E-state index in [1.165, 1.54) is 32.4 Å². The van der Waals surface area contributed by atoms with E-state index in [2.05, 4.69) is 26.8 Å². The quantitative estimate of drug-likeness (QED) is 0.313. The molecular weight excluding hydrogens is 496 g/mol. The third kappa shape index (κ3) is 10.4. The van der Waals surface area contributed by atoms with E-state index in [1.807, 2.05) is 36.7 Å². The molecule has 12 heteroatoms. The molecular formula is C26H36N4O8. The zero-order valence-electron chi connectivity index (χ0n) is 21.7. The van der Waals surface area contributed by atoms with E-state index in [9.17, 15) is 14.4 Å². The van der Waals surface area contributed by atoms with Crippen LogP contribution in [-0.2, 0) is 20.9 Å². The van der Waals surface area contributed by atoms with Crippen LogP contribution in [-0.4, -0.2) is 104 Å². The Morgan fingerprint density at radius 3 is 2.00 bits per heavy atom. The van der Waals surface area contributed by atoms with Crippen LogP contribution in [0.15, 0.2) is 36.7 Å². The van der Waals surface area contributed by atoms with Crippen LogP contribution in [0, 0.1) is 0 Å². The van der Waals surface area contributed by atoms with E-state index >= 15 is 0 Å². The van der Waals surface area contributed by atoms with Gasteiger partial charge in [-0.05, 0) is 57.2 Å². The lowest BCUT2D eigenvalue weighted by atomic mass is 9.96. The summed E-state index contributed by atoms with van der Waals surface area (Å²) in [5, 5.41) is 33.8. The van der Waals surface area contributed by atoms with Gasteiger partial charge in [0.1, 0.15) is 5.75 Å². The third-order valence-corrected chi connectivity index (χ3v) is 6.04. The highest BCUT2D eigenvalue weighted by atomic mass is 16.5. The first kappa shape index (κ1) is 30.6. The number of methoxy groups -OCH3 is 1. The number of likely N-dealkylation sites (tertiary alicyclic amines) is 1. The molecule has 0 saturated carbocycles. The summed E-state index contributed by atoms with van der Waals surface area (Å²) < 4.78 is 5.18. The van der Waals surface area contributed by atoms with E-state index in [4.69, 9.17) is 25.2 Å². The third-order valence-electron chi connectivity index (χ3n) is 6.04. The van der Waals surface area contributed by atoms with Crippen LogP contribution in [0.4, 0.5) is 0 Å². The second-order valence-corrected chi connectivity index (χ2v) is 9.26. The molecule has 1 aromatic carbocycles. The second kappa shape index (κ2) is 15.0. The number of carboxylic acids is 3. The molecule has 1 saturated heterocycles. The second-order valence-electron chi connectivity index (χ2n) is 9.26. The Kier molecular flexibility index (Phi) is 12.1. The maximum Gasteiger partial charge on any atom is 0.336 e. The summed E-state index contributed by atoms with van der Waals surface area (Å²) in [7, 11) is 3.84. The maximum absolute atomic E-state index is 10.3. The molecule has 208 valence electrons. The van der Waals surface area contributed by atoms with Crippen LogP contribution in [0.25, 0.3) is 11.4 Å². The lowest BCUT2D eigenvalue weighted by molar-refractivity contribution is -0.170. The Labute approximate surface area is 221 Å². The van der Waals surface area contributed by atoms with Gasteiger partial charge in [-0.15, -0.1) is 0 Å². The highest BCUT2D eigenvalue weighted by molar-refractivity contribution is 5.88. The first-order valence-corrected chi connectivity index (χ1v) is 12.3. The van der Waals surface area contributed by atoms with Gasteiger partial charge in [-0.25, -0.2) is 14.8 Å². The van der Waals surface area contributed by atoms with E-state index in [0.29, 0.717) is 0 Å². The van der Waals surface area contributed by atoms with Crippen molar-refractivity contribution in [1.29, 1.82) is 0 Å². The van der Waals surface area contributed by atoms with E-state index < -0.39 is 36.4 Å². The Morgan fingerprint density at radius 2 is 1.53 bits per heavy atom. The van der Waals surface area contributed by atoms with Crippen LogP contribution >= 0.6 is 0 Å². The van der Waals surface area contributed by atoms with Gasteiger partial charge in [-0.3, -0.25) is 9.59 Å². The van der Waals surface area contributed by atoms with Gasteiger partial charge < -0.3 is 35.0 Å². The summed E-state index contributed by atoms with van der Waals surface area (Å²) in [5.41, 5.74) is -0.582. The summed E-state index contributed by atoms with van der Waals surface area (Å²) in [6.07, 6.45) is 5.68. The fourth-order valence-corrected chi connectivity index (χ4v) is 3.93. The number of likely N-dealkylation sites (N-methyl/N-ethyl adjacent to an activating group) is 1. The molecule has 12 nitrogen and oxygen atoms in total. The SMILES string of the molecule is COc1ccc(-c2ncc(CN(C)CCN3CCCCC3)cn2)cc1.O=C(O)CC(O)(CC(=O)O)C(=O)O. The molecule has 1 aromatic heterocycles. The van der Waals surface area contributed by atoms with Crippen LogP contribution in [0.1, 0.15) is 37.7 Å². The minimum Gasteiger partial charge on any atom is -0.497 e. The van der Waals surface area contributed by atoms with Gasteiger partial charge in [0.25, 0.3) is 0 Å². The van der Waals surface area contributed by atoms with Gasteiger partial charge in [0.15, 0.2) is 11.4 Å². The number of rotatable bonds is 12. The first-order valence-electron chi connectivity index (χ1n) is 12.3. The number of nitrogens with zero attached hydrogens (tertiary/aromatic N) is 4. The monoisotopic (exact) mass is 532 g/mol. The normalized spacial score (nSPS) is 13.9. The summed E-state index contributed by atoms with van der Waals surface area (Å²) in [6, 6.07) is 7.83. The number of aromatic nitrogens is 2. The van der Waals surface area contributed by atoms with Crippen molar-refractivity contribution in [1.82, 2.24) is 19.8 Å². The number of hydrogen-bond donors (Lipinski definition) is 4. The summed E-state index contributed by atoms with van der Waals surface area (Å²) in [6.45, 7) is 5.64. The molecule has 0 bridgehead atoms. The van der Waals surface area contributed by atoms with Crippen molar-refractivity contribution in [2.24, 2.45) is 0 Å². The van der Waals surface area contributed by atoms with Crippen LogP contribution in [0.2, 0.25) is 0 Å². The molecule has 0 aliphatic carbocycles. The van der Waals surface area contributed by atoms with E-state index in [-0.39, 0.29) is 0 Å². The Hall–Kier alpha value is -3.61. The number of carboxylic acid groups (broad SMARTS) is 3. The average molecular weight is 533 g/mol. The van der Waals surface area contributed by atoms with E-state index in [1.54, 1.807) is 7.11 Å². The maximum atomic E-state index is 10.3. The average Bonchev–Trinajstić information content (AvgIpc) is 2.88. The highest BCUT2D eigenvalue weighted by Gasteiger charge is 2.40. The van der Waals surface area contributed by atoms with Crippen molar-refractivity contribution < 1.29 is 39.5 Å². The number of ether oxygens (including phenoxy) is 1. The molecule has 0 atom stereocenters. The molecule has 2 aromatic rings. The lowest BCUT2D eigenvalue weighted by Crippen LogP contribution is -2.42. The molecule has 0 radical (unpaired) electrons. The zero-order chi connectivity index (χ0) is 28.1. The van der Waals surface area contributed by atoms with Gasteiger partial charge in [-0.1, -0.05) is 6.42 Å².